The molecule has 0 spiro atoms. The third-order valence-electron chi connectivity index (χ3n) is 6.29. The topological polar surface area (TPSA) is 93.9 Å². The van der Waals surface area contributed by atoms with Crippen molar-refractivity contribution >= 4 is 5.97 Å². The lowest BCUT2D eigenvalue weighted by Crippen LogP contribution is -2.44. The molecule has 36 heavy (non-hydrogen) atoms. The minimum absolute atomic E-state index is 0.212. The molecule has 0 saturated carbocycles. The number of fused-ring (bicyclic) bond motifs is 1. The molecule has 3 aromatic rings. The van der Waals surface area contributed by atoms with Crippen molar-refractivity contribution in [1.29, 1.82) is 0 Å². The van der Waals surface area contributed by atoms with Gasteiger partial charge in [0.05, 0.1) is 19.4 Å². The molecule has 190 valence electrons. The highest BCUT2D eigenvalue weighted by Crippen LogP contribution is 2.42. The van der Waals surface area contributed by atoms with E-state index in [4.69, 9.17) is 23.7 Å². The first-order valence-corrected chi connectivity index (χ1v) is 12.2. The molecule has 2 saturated heterocycles. The first-order chi connectivity index (χ1) is 17.3. The summed E-state index contributed by atoms with van der Waals surface area (Å²) in [6, 6.07) is 16.8. The van der Waals surface area contributed by atoms with Crippen LogP contribution in [0.3, 0.4) is 0 Å². The summed E-state index contributed by atoms with van der Waals surface area (Å²) in [7, 11) is 0. The molecule has 5 atom stereocenters. The number of rotatable bonds is 8. The van der Waals surface area contributed by atoms with E-state index in [0.29, 0.717) is 12.3 Å². The molecule has 2 aliphatic heterocycles. The normalized spacial score (nSPS) is 25.4. The highest BCUT2D eigenvalue weighted by atomic mass is 16.8. The van der Waals surface area contributed by atoms with Crippen molar-refractivity contribution in [2.45, 2.75) is 70.7 Å². The first-order valence-electron chi connectivity index (χ1n) is 12.2. The predicted octanol–water partition coefficient (Wildman–Crippen LogP) is 3.82. The number of hydrogen-bond donors (Lipinski definition) is 0. The van der Waals surface area contributed by atoms with Crippen LogP contribution >= 0.6 is 0 Å². The maximum atomic E-state index is 13.3. The van der Waals surface area contributed by atoms with Gasteiger partial charge in [0.2, 0.25) is 0 Å². The molecule has 9 heteroatoms. The summed E-state index contributed by atoms with van der Waals surface area (Å²) < 4.78 is 31.7. The molecule has 9 nitrogen and oxygen atoms in total. The van der Waals surface area contributed by atoms with Gasteiger partial charge in [0.15, 0.2) is 18.1 Å². The van der Waals surface area contributed by atoms with Crippen LogP contribution in [0.25, 0.3) is 11.3 Å². The van der Waals surface area contributed by atoms with Crippen LogP contribution in [-0.4, -0.2) is 58.0 Å². The van der Waals surface area contributed by atoms with Gasteiger partial charge in [-0.25, -0.2) is 9.48 Å². The molecule has 2 fully saturated rings. The van der Waals surface area contributed by atoms with Crippen molar-refractivity contribution in [3.05, 3.63) is 71.9 Å². The summed E-state index contributed by atoms with van der Waals surface area (Å²) in [5, 5.41) is 8.60. The summed E-state index contributed by atoms with van der Waals surface area (Å²) >= 11 is 0. The summed E-state index contributed by atoms with van der Waals surface area (Å²) in [5.41, 5.74) is 3.66. The number of aryl methyl sites for hydroxylation is 1. The minimum Gasteiger partial charge on any atom is -0.464 e. The summed E-state index contributed by atoms with van der Waals surface area (Å²) in [6.07, 6.45) is -0.873. The maximum Gasteiger partial charge on any atom is 0.333 e. The Balaban J connectivity index is 1.46. The Morgan fingerprint density at radius 3 is 2.58 bits per heavy atom. The average molecular weight is 494 g/mol. The van der Waals surface area contributed by atoms with E-state index in [0.717, 1.165) is 16.7 Å². The molecule has 0 bridgehead atoms. The van der Waals surface area contributed by atoms with Gasteiger partial charge in [-0.05, 0) is 33.3 Å². The van der Waals surface area contributed by atoms with Gasteiger partial charge in [0.25, 0.3) is 0 Å². The van der Waals surface area contributed by atoms with E-state index in [9.17, 15) is 4.79 Å². The first kappa shape index (κ1) is 24.6. The zero-order valence-electron chi connectivity index (χ0n) is 20.9. The maximum absolute atomic E-state index is 13.3. The second-order valence-electron chi connectivity index (χ2n) is 9.48. The van der Waals surface area contributed by atoms with Gasteiger partial charge in [-0.3, -0.25) is 0 Å². The van der Waals surface area contributed by atoms with E-state index < -0.39 is 42.4 Å². The van der Waals surface area contributed by atoms with Crippen LogP contribution in [0.15, 0.2) is 60.8 Å². The highest BCUT2D eigenvalue weighted by molar-refractivity contribution is 5.75. The van der Waals surface area contributed by atoms with E-state index >= 15 is 0 Å². The minimum atomic E-state index is -0.946. The van der Waals surface area contributed by atoms with Gasteiger partial charge >= 0.3 is 5.97 Å². The number of nitrogens with zero attached hydrogens (tertiary/aromatic N) is 3. The fourth-order valence-electron chi connectivity index (χ4n) is 4.60. The number of esters is 1. The number of carbonyl (C=O) groups excluding carboxylic acids is 1. The molecule has 0 aliphatic carbocycles. The third-order valence-corrected chi connectivity index (χ3v) is 6.29. The van der Waals surface area contributed by atoms with Crippen molar-refractivity contribution in [1.82, 2.24) is 15.0 Å². The lowest BCUT2D eigenvalue weighted by molar-refractivity contribution is -0.226. The Labute approximate surface area is 210 Å². The van der Waals surface area contributed by atoms with E-state index in [1.54, 1.807) is 13.1 Å². The van der Waals surface area contributed by atoms with Crippen molar-refractivity contribution < 1.29 is 28.5 Å². The second-order valence-corrected chi connectivity index (χ2v) is 9.48. The van der Waals surface area contributed by atoms with Gasteiger partial charge in [-0.1, -0.05) is 65.4 Å². The van der Waals surface area contributed by atoms with Crippen molar-refractivity contribution in [3.8, 4) is 11.3 Å². The van der Waals surface area contributed by atoms with Crippen LogP contribution in [-0.2, 0) is 35.1 Å². The van der Waals surface area contributed by atoms with Crippen LogP contribution in [0.5, 0.6) is 0 Å². The standard InChI is InChI=1S/C27H31N3O6/c1-5-32-25(31)21(30-15-20(28-29-30)19-13-11-17(2)12-14-19)22-23(33-16-18-9-7-6-8-10-18)24-26(34-22)36-27(3,4)35-24/h6-15,21-24,26H,5,16H2,1-4H3/t21-,22+,23-,24+,26+/m0/s1. The van der Waals surface area contributed by atoms with Gasteiger partial charge in [-0.15, -0.1) is 5.10 Å². The Morgan fingerprint density at radius 1 is 1.11 bits per heavy atom. The molecule has 2 aromatic carbocycles. The van der Waals surface area contributed by atoms with E-state index in [-0.39, 0.29) is 6.61 Å². The van der Waals surface area contributed by atoms with Crippen LogP contribution in [0, 0.1) is 6.92 Å². The fourth-order valence-corrected chi connectivity index (χ4v) is 4.60. The lowest BCUT2D eigenvalue weighted by atomic mass is 10.0. The fraction of sp³-hybridized carbons (Fsp3) is 0.444. The molecule has 5 rings (SSSR count). The summed E-state index contributed by atoms with van der Waals surface area (Å²) in [4.78, 5) is 13.3. The van der Waals surface area contributed by atoms with Gasteiger partial charge in [0.1, 0.15) is 24.0 Å². The van der Waals surface area contributed by atoms with Crippen molar-refractivity contribution in [3.63, 3.8) is 0 Å². The van der Waals surface area contributed by atoms with E-state index in [1.807, 2.05) is 75.4 Å². The van der Waals surface area contributed by atoms with Crippen molar-refractivity contribution in [2.24, 2.45) is 0 Å². The molecular weight excluding hydrogens is 462 g/mol. The van der Waals surface area contributed by atoms with Gasteiger partial charge in [0, 0.05) is 5.56 Å². The number of carbonyl (C=O) groups is 1. The molecule has 0 radical (unpaired) electrons. The van der Waals surface area contributed by atoms with Crippen LogP contribution in [0.4, 0.5) is 0 Å². The lowest BCUT2D eigenvalue weighted by Gasteiger charge is -2.29. The van der Waals surface area contributed by atoms with E-state index in [1.165, 1.54) is 4.68 Å². The van der Waals surface area contributed by atoms with E-state index in [2.05, 4.69) is 10.3 Å². The largest absolute Gasteiger partial charge is 0.464 e. The summed E-state index contributed by atoms with van der Waals surface area (Å²) in [5.74, 6) is -1.32. The quantitative estimate of drug-likeness (QED) is 0.437. The van der Waals surface area contributed by atoms with Crippen LogP contribution in [0.2, 0.25) is 0 Å². The predicted molar refractivity (Wildman–Crippen MR) is 130 cm³/mol. The zero-order chi connectivity index (χ0) is 25.3. The number of benzene rings is 2. The number of aromatic nitrogens is 3. The van der Waals surface area contributed by atoms with Crippen LogP contribution < -0.4 is 0 Å². The Morgan fingerprint density at radius 2 is 1.86 bits per heavy atom. The number of ether oxygens (including phenoxy) is 5. The molecule has 2 aliphatic rings. The molecule has 3 heterocycles. The Kier molecular flexibility index (Phi) is 6.90. The molecule has 0 amide bonds. The van der Waals surface area contributed by atoms with Gasteiger partial charge in [-0.2, -0.15) is 0 Å². The smallest absolute Gasteiger partial charge is 0.333 e. The number of hydrogen-bond acceptors (Lipinski definition) is 8. The average Bonchev–Trinajstić information content (AvgIpc) is 3.53. The molecule has 0 unspecified atom stereocenters. The monoisotopic (exact) mass is 493 g/mol. The molecular formula is C27H31N3O6. The highest BCUT2D eigenvalue weighted by Gasteiger charge is 2.59. The zero-order valence-corrected chi connectivity index (χ0v) is 20.9. The van der Waals surface area contributed by atoms with Crippen molar-refractivity contribution in [2.75, 3.05) is 6.61 Å². The third kappa shape index (κ3) is 5.05. The van der Waals surface area contributed by atoms with Crippen LogP contribution in [0.1, 0.15) is 37.9 Å². The molecule has 1 aromatic heterocycles. The summed E-state index contributed by atoms with van der Waals surface area (Å²) in [6.45, 7) is 7.96. The Hall–Kier alpha value is -3.11. The molecule has 0 N–H and O–H groups in total. The SMILES string of the molecule is CCOC(=O)[C@H]([C@H]1O[C@@H]2OC(C)(C)O[C@@H]2[C@H]1OCc1ccccc1)n1cc(-c2ccc(C)cc2)nn1. The second kappa shape index (κ2) is 10.1. The van der Waals surface area contributed by atoms with Gasteiger partial charge < -0.3 is 23.7 Å². The Bertz CT molecular complexity index is 1180.